The van der Waals surface area contributed by atoms with Gasteiger partial charge in [-0.2, -0.15) is 14.0 Å². The highest BCUT2D eigenvalue weighted by atomic mass is 19.3. The van der Waals surface area contributed by atoms with Crippen LogP contribution in [-0.2, 0) is 0 Å². The summed E-state index contributed by atoms with van der Waals surface area (Å²) in [6.07, 6.45) is 6.07. The Hall–Kier alpha value is -2.81. The third-order valence-corrected chi connectivity index (χ3v) is 4.70. The molecule has 4 nitrogen and oxygen atoms in total. The molecule has 0 atom stereocenters. The van der Waals surface area contributed by atoms with Crippen molar-refractivity contribution in [2.24, 2.45) is 0 Å². The maximum absolute atomic E-state index is 12.7. The highest BCUT2D eigenvalue weighted by Gasteiger charge is 2.27. The molecular weight excluding hydrogens is 348 g/mol. The topological polar surface area (TPSA) is 41.2 Å². The molecule has 0 radical (unpaired) electrons. The van der Waals surface area contributed by atoms with E-state index in [1.165, 1.54) is 6.07 Å². The number of rotatable bonds is 5. The van der Waals surface area contributed by atoms with Gasteiger partial charge in [0, 0.05) is 30.1 Å². The second kappa shape index (κ2) is 7.43. The highest BCUT2D eigenvalue weighted by Crippen LogP contribution is 2.37. The maximum atomic E-state index is 12.7. The Morgan fingerprint density at radius 2 is 1.89 bits per heavy atom. The minimum atomic E-state index is -2.89. The fraction of sp³-hybridized carbons (Fsp3) is 0.381. The average Bonchev–Trinajstić information content (AvgIpc) is 2.94. The monoisotopic (exact) mass is 371 g/mol. The van der Waals surface area contributed by atoms with E-state index in [1.807, 2.05) is 30.6 Å². The van der Waals surface area contributed by atoms with Gasteiger partial charge in [0.1, 0.15) is 11.8 Å². The fourth-order valence-electron chi connectivity index (χ4n) is 3.60. The van der Waals surface area contributed by atoms with Crippen LogP contribution in [0, 0.1) is 11.3 Å². The Bertz CT molecular complexity index is 948. The second-order valence-electron chi connectivity index (χ2n) is 7.08. The number of ether oxygens (including phenoxy) is 1. The van der Waals surface area contributed by atoms with Gasteiger partial charge in [0.25, 0.3) is 0 Å². The van der Waals surface area contributed by atoms with Crippen molar-refractivity contribution in [3.8, 4) is 11.8 Å². The van der Waals surface area contributed by atoms with Crippen LogP contribution in [0.5, 0.6) is 5.75 Å². The highest BCUT2D eigenvalue weighted by molar-refractivity contribution is 5.94. The van der Waals surface area contributed by atoms with Gasteiger partial charge >= 0.3 is 6.61 Å². The molecule has 1 aromatic heterocycles. The van der Waals surface area contributed by atoms with Crippen LogP contribution < -0.4 is 4.74 Å². The van der Waals surface area contributed by atoms with Crippen LogP contribution in [0.3, 0.4) is 0 Å². The number of aromatic nitrogens is 1. The summed E-state index contributed by atoms with van der Waals surface area (Å²) in [5, 5.41) is 10.6. The van der Waals surface area contributed by atoms with Crippen LogP contribution in [0.15, 0.2) is 36.4 Å². The number of nitriles is 1. The zero-order valence-corrected chi connectivity index (χ0v) is 15.9. The molecule has 1 aliphatic rings. The van der Waals surface area contributed by atoms with Crippen molar-refractivity contribution in [3.05, 3.63) is 47.7 Å². The normalized spacial score (nSPS) is 14.4. The molecule has 2 heterocycles. The third-order valence-electron chi connectivity index (χ3n) is 4.70. The van der Waals surface area contributed by atoms with E-state index in [0.29, 0.717) is 11.1 Å². The largest absolute Gasteiger partial charge is 0.435 e. The number of benzene rings is 1. The Morgan fingerprint density at radius 3 is 2.48 bits per heavy atom. The molecule has 0 bridgehead atoms. The summed E-state index contributed by atoms with van der Waals surface area (Å²) >= 11 is 0. The van der Waals surface area contributed by atoms with Crippen LogP contribution in [0.25, 0.3) is 16.6 Å². The van der Waals surface area contributed by atoms with Crippen molar-refractivity contribution >= 4 is 16.6 Å². The zero-order chi connectivity index (χ0) is 19.7. The molecule has 0 saturated heterocycles. The molecule has 6 heteroatoms. The van der Waals surface area contributed by atoms with Gasteiger partial charge in [0.15, 0.2) is 0 Å². The van der Waals surface area contributed by atoms with Crippen LogP contribution in [-0.4, -0.2) is 28.7 Å². The van der Waals surface area contributed by atoms with E-state index in [9.17, 15) is 14.0 Å². The standard InChI is InChI=1S/C21H23F2N3O/c1-13(2)25-10-6-5-7-18(25)20-17(12-24)16-9-8-15(27-21(22)23)11-19(16)26(20)14(3)4/h5-9,11,13-14,21H,10H2,1-4H3. The average molecular weight is 371 g/mol. The fourth-order valence-corrected chi connectivity index (χ4v) is 3.60. The van der Waals surface area contributed by atoms with E-state index in [0.717, 1.165) is 23.3 Å². The minimum Gasteiger partial charge on any atom is -0.435 e. The van der Waals surface area contributed by atoms with Crippen LogP contribution in [0.4, 0.5) is 8.78 Å². The van der Waals surface area contributed by atoms with Gasteiger partial charge in [-0.3, -0.25) is 0 Å². The van der Waals surface area contributed by atoms with Crippen LogP contribution in [0.2, 0.25) is 0 Å². The summed E-state index contributed by atoms with van der Waals surface area (Å²) in [4.78, 5) is 2.23. The first kappa shape index (κ1) is 19.0. The summed E-state index contributed by atoms with van der Waals surface area (Å²) in [5.41, 5.74) is 3.04. The number of allylic oxidation sites excluding steroid dienone is 2. The molecule has 0 fully saturated rings. The molecule has 142 valence electrons. The molecule has 0 spiro atoms. The number of hydrogen-bond acceptors (Lipinski definition) is 3. The number of hydrogen-bond donors (Lipinski definition) is 0. The van der Waals surface area contributed by atoms with Crippen molar-refractivity contribution in [2.75, 3.05) is 6.54 Å². The Balaban J connectivity index is 2.31. The second-order valence-corrected chi connectivity index (χ2v) is 7.08. The van der Waals surface area contributed by atoms with Gasteiger partial charge < -0.3 is 14.2 Å². The van der Waals surface area contributed by atoms with E-state index >= 15 is 0 Å². The van der Waals surface area contributed by atoms with Gasteiger partial charge in [0.05, 0.1) is 22.5 Å². The lowest BCUT2D eigenvalue weighted by Gasteiger charge is -2.33. The summed E-state index contributed by atoms with van der Waals surface area (Å²) in [7, 11) is 0. The first-order chi connectivity index (χ1) is 12.8. The van der Waals surface area contributed by atoms with Crippen molar-refractivity contribution in [1.29, 1.82) is 5.26 Å². The third kappa shape index (κ3) is 3.42. The summed E-state index contributed by atoms with van der Waals surface area (Å²) < 4.78 is 31.9. The molecule has 0 unspecified atom stereocenters. The van der Waals surface area contributed by atoms with E-state index in [1.54, 1.807) is 12.1 Å². The molecule has 0 aliphatic carbocycles. The van der Waals surface area contributed by atoms with Crippen molar-refractivity contribution in [3.63, 3.8) is 0 Å². The molecular formula is C21H23F2N3O. The van der Waals surface area contributed by atoms with Gasteiger partial charge in [-0.15, -0.1) is 0 Å². The molecule has 3 rings (SSSR count). The smallest absolute Gasteiger partial charge is 0.387 e. The Kier molecular flexibility index (Phi) is 5.22. The first-order valence-corrected chi connectivity index (χ1v) is 9.01. The molecule has 0 amide bonds. The van der Waals surface area contributed by atoms with Gasteiger partial charge in [0.2, 0.25) is 0 Å². The molecule has 27 heavy (non-hydrogen) atoms. The zero-order valence-electron chi connectivity index (χ0n) is 15.9. The SMILES string of the molecule is CC(C)N1CC=CC=C1c1c(C#N)c2ccc(OC(F)F)cc2n1C(C)C. The molecule has 2 aromatic rings. The number of fused-ring (bicyclic) bond motifs is 1. The van der Waals surface area contributed by atoms with Crippen molar-refractivity contribution < 1.29 is 13.5 Å². The number of nitrogens with zero attached hydrogens (tertiary/aromatic N) is 3. The lowest BCUT2D eigenvalue weighted by Crippen LogP contribution is -2.32. The molecule has 1 aliphatic heterocycles. The van der Waals surface area contributed by atoms with Crippen LogP contribution in [0.1, 0.15) is 45.0 Å². The van der Waals surface area contributed by atoms with Gasteiger partial charge in [-0.25, -0.2) is 0 Å². The van der Waals surface area contributed by atoms with Gasteiger partial charge in [-0.05, 0) is 45.9 Å². The lowest BCUT2D eigenvalue weighted by molar-refractivity contribution is -0.0497. The van der Waals surface area contributed by atoms with E-state index in [4.69, 9.17) is 0 Å². The first-order valence-electron chi connectivity index (χ1n) is 9.01. The van der Waals surface area contributed by atoms with Crippen molar-refractivity contribution in [1.82, 2.24) is 9.47 Å². The Morgan fingerprint density at radius 1 is 1.15 bits per heavy atom. The molecule has 1 aromatic carbocycles. The minimum absolute atomic E-state index is 0.0345. The number of halogens is 2. The summed E-state index contributed by atoms with van der Waals surface area (Å²) in [6.45, 7) is 6.12. The van der Waals surface area contributed by atoms with E-state index < -0.39 is 6.61 Å². The summed E-state index contributed by atoms with van der Waals surface area (Å²) in [5.74, 6) is 0.0891. The Labute approximate surface area is 157 Å². The predicted molar refractivity (Wildman–Crippen MR) is 103 cm³/mol. The maximum Gasteiger partial charge on any atom is 0.387 e. The number of alkyl halides is 2. The lowest BCUT2D eigenvalue weighted by atomic mass is 10.1. The van der Waals surface area contributed by atoms with E-state index in [-0.39, 0.29) is 17.8 Å². The molecule has 0 N–H and O–H groups in total. The quantitative estimate of drug-likeness (QED) is 0.715. The molecule has 0 saturated carbocycles. The van der Waals surface area contributed by atoms with Crippen molar-refractivity contribution in [2.45, 2.75) is 46.4 Å². The summed E-state index contributed by atoms with van der Waals surface area (Å²) in [6, 6.07) is 7.38. The van der Waals surface area contributed by atoms with Gasteiger partial charge in [-0.1, -0.05) is 12.2 Å². The van der Waals surface area contributed by atoms with E-state index in [2.05, 4.69) is 35.6 Å². The van der Waals surface area contributed by atoms with Crippen LogP contribution >= 0.6 is 0 Å². The predicted octanol–water partition coefficient (Wildman–Crippen LogP) is 5.32.